The Labute approximate surface area is 62.4 Å². The Balaban J connectivity index is 3.67. The topological polar surface area (TPSA) is 32.3 Å². The molecule has 3 heteroatoms. The van der Waals surface area contributed by atoms with E-state index in [2.05, 4.69) is 12.2 Å². The summed E-state index contributed by atoms with van der Waals surface area (Å²) in [6.07, 6.45) is 3.13. The quantitative estimate of drug-likeness (QED) is 0.448. The molecule has 0 aliphatic heterocycles. The number of hydrogen-bond acceptors (Lipinski definition) is 2. The first-order valence-corrected chi connectivity index (χ1v) is 3.60. The molecule has 1 unspecified atom stereocenters. The Bertz CT molecular complexity index is 95.6. The van der Waals surface area contributed by atoms with Crippen molar-refractivity contribution in [2.75, 3.05) is 14.1 Å². The molecule has 0 spiro atoms. The average molecular weight is 144 g/mol. The van der Waals surface area contributed by atoms with Crippen molar-refractivity contribution in [3.63, 3.8) is 0 Å². The van der Waals surface area contributed by atoms with Gasteiger partial charge in [0.05, 0.1) is 6.17 Å². The summed E-state index contributed by atoms with van der Waals surface area (Å²) in [4.78, 5) is 11.9. The van der Waals surface area contributed by atoms with Crippen LogP contribution in [0.4, 0.5) is 0 Å². The molecule has 0 aliphatic carbocycles. The van der Waals surface area contributed by atoms with Gasteiger partial charge in [0, 0.05) is 7.05 Å². The van der Waals surface area contributed by atoms with E-state index in [0.29, 0.717) is 0 Å². The number of hydrogen-bond donors (Lipinski definition) is 1. The SMILES string of the molecule is CCCC(NC)N(C)C=O. The van der Waals surface area contributed by atoms with Crippen LogP contribution in [-0.2, 0) is 4.79 Å². The number of rotatable bonds is 5. The molecule has 0 saturated carbocycles. The molecule has 0 aromatic carbocycles. The van der Waals surface area contributed by atoms with Crippen molar-refractivity contribution in [3.8, 4) is 0 Å². The summed E-state index contributed by atoms with van der Waals surface area (Å²) in [5, 5.41) is 3.05. The number of nitrogens with zero attached hydrogens (tertiary/aromatic N) is 1. The van der Waals surface area contributed by atoms with Crippen molar-refractivity contribution in [3.05, 3.63) is 0 Å². The molecule has 0 fully saturated rings. The maximum atomic E-state index is 10.3. The summed E-state index contributed by atoms with van der Waals surface area (Å²) in [5.41, 5.74) is 0. The van der Waals surface area contributed by atoms with Gasteiger partial charge in [0.1, 0.15) is 0 Å². The minimum atomic E-state index is 0.197. The lowest BCUT2D eigenvalue weighted by molar-refractivity contribution is -0.119. The van der Waals surface area contributed by atoms with Crippen LogP contribution in [0.25, 0.3) is 0 Å². The Morgan fingerprint density at radius 3 is 2.60 bits per heavy atom. The fraction of sp³-hybridized carbons (Fsp3) is 0.857. The third-order valence-corrected chi connectivity index (χ3v) is 1.55. The molecule has 0 aliphatic rings. The Hall–Kier alpha value is -0.570. The zero-order valence-electron chi connectivity index (χ0n) is 6.92. The van der Waals surface area contributed by atoms with Gasteiger partial charge in [0.25, 0.3) is 0 Å². The predicted octanol–water partition coefficient (Wildman–Crippen LogP) is 0.420. The summed E-state index contributed by atoms with van der Waals surface area (Å²) in [6.45, 7) is 2.10. The van der Waals surface area contributed by atoms with Crippen LogP contribution < -0.4 is 5.32 Å². The fourth-order valence-corrected chi connectivity index (χ4v) is 0.899. The van der Waals surface area contributed by atoms with E-state index in [9.17, 15) is 4.79 Å². The zero-order valence-corrected chi connectivity index (χ0v) is 6.92. The normalized spacial score (nSPS) is 12.7. The van der Waals surface area contributed by atoms with E-state index >= 15 is 0 Å². The molecule has 60 valence electrons. The van der Waals surface area contributed by atoms with Crippen molar-refractivity contribution in [1.82, 2.24) is 10.2 Å². The molecule has 0 rings (SSSR count). The third-order valence-electron chi connectivity index (χ3n) is 1.55. The second kappa shape index (κ2) is 5.23. The highest BCUT2D eigenvalue weighted by atomic mass is 16.1. The molecular formula is C7H16N2O. The van der Waals surface area contributed by atoms with Gasteiger partial charge >= 0.3 is 0 Å². The molecule has 0 saturated heterocycles. The smallest absolute Gasteiger partial charge is 0.210 e. The van der Waals surface area contributed by atoms with Crippen LogP contribution in [0.15, 0.2) is 0 Å². The molecule has 0 radical (unpaired) electrons. The van der Waals surface area contributed by atoms with Crippen LogP contribution in [0.3, 0.4) is 0 Å². The van der Waals surface area contributed by atoms with E-state index in [1.54, 1.807) is 11.9 Å². The lowest BCUT2D eigenvalue weighted by Crippen LogP contribution is -2.40. The standard InChI is InChI=1S/C7H16N2O/c1-4-5-7(8-2)9(3)6-10/h6-8H,4-5H2,1-3H3. The van der Waals surface area contributed by atoms with E-state index in [0.717, 1.165) is 19.3 Å². The fourth-order valence-electron chi connectivity index (χ4n) is 0.899. The Morgan fingerprint density at radius 2 is 2.30 bits per heavy atom. The molecule has 0 heterocycles. The second-order valence-electron chi connectivity index (χ2n) is 2.36. The highest BCUT2D eigenvalue weighted by Crippen LogP contribution is 1.97. The first-order chi connectivity index (χ1) is 4.76. The summed E-state index contributed by atoms with van der Waals surface area (Å²) in [5.74, 6) is 0. The van der Waals surface area contributed by atoms with Crippen LogP contribution in [0.5, 0.6) is 0 Å². The molecule has 0 bridgehead atoms. The molecule has 1 atom stereocenters. The van der Waals surface area contributed by atoms with Crippen LogP contribution in [0.2, 0.25) is 0 Å². The van der Waals surface area contributed by atoms with Gasteiger partial charge in [-0.3, -0.25) is 4.79 Å². The maximum Gasteiger partial charge on any atom is 0.210 e. The van der Waals surface area contributed by atoms with Gasteiger partial charge in [-0.25, -0.2) is 0 Å². The van der Waals surface area contributed by atoms with Crippen molar-refractivity contribution in [2.45, 2.75) is 25.9 Å². The van der Waals surface area contributed by atoms with Gasteiger partial charge in [-0.05, 0) is 13.5 Å². The van der Waals surface area contributed by atoms with Gasteiger partial charge in [-0.15, -0.1) is 0 Å². The van der Waals surface area contributed by atoms with Gasteiger partial charge in [0.15, 0.2) is 0 Å². The van der Waals surface area contributed by atoms with Crippen LogP contribution in [0, 0.1) is 0 Å². The summed E-state index contributed by atoms with van der Waals surface area (Å²) < 4.78 is 0. The first-order valence-electron chi connectivity index (χ1n) is 3.60. The monoisotopic (exact) mass is 144 g/mol. The van der Waals surface area contributed by atoms with E-state index < -0.39 is 0 Å². The molecule has 1 N–H and O–H groups in total. The van der Waals surface area contributed by atoms with E-state index in [-0.39, 0.29) is 6.17 Å². The Kier molecular flexibility index (Phi) is 4.94. The third kappa shape index (κ3) is 2.82. The number of amides is 1. The molecule has 10 heavy (non-hydrogen) atoms. The molecule has 0 aromatic rings. The molecule has 1 amide bonds. The van der Waals surface area contributed by atoms with Crippen LogP contribution in [0.1, 0.15) is 19.8 Å². The molecule has 0 aromatic heterocycles. The summed E-state index contributed by atoms with van der Waals surface area (Å²) >= 11 is 0. The van der Waals surface area contributed by atoms with Crippen LogP contribution in [-0.4, -0.2) is 31.6 Å². The lowest BCUT2D eigenvalue weighted by Gasteiger charge is -2.23. The molecular weight excluding hydrogens is 128 g/mol. The van der Waals surface area contributed by atoms with E-state index in [1.165, 1.54) is 0 Å². The maximum absolute atomic E-state index is 10.3. The highest BCUT2D eigenvalue weighted by molar-refractivity contribution is 5.46. The number of carbonyl (C=O) groups is 1. The number of carbonyl (C=O) groups excluding carboxylic acids is 1. The molecule has 3 nitrogen and oxygen atoms in total. The Morgan fingerprint density at radius 1 is 1.70 bits per heavy atom. The minimum Gasteiger partial charge on any atom is -0.333 e. The summed E-state index contributed by atoms with van der Waals surface area (Å²) in [7, 11) is 3.64. The second-order valence-corrected chi connectivity index (χ2v) is 2.36. The average Bonchev–Trinajstić information content (AvgIpc) is 1.99. The highest BCUT2D eigenvalue weighted by Gasteiger charge is 2.07. The van der Waals surface area contributed by atoms with Crippen molar-refractivity contribution < 1.29 is 4.79 Å². The van der Waals surface area contributed by atoms with E-state index in [4.69, 9.17) is 0 Å². The summed E-state index contributed by atoms with van der Waals surface area (Å²) in [6, 6.07) is 0. The minimum absolute atomic E-state index is 0.197. The van der Waals surface area contributed by atoms with Crippen molar-refractivity contribution in [2.24, 2.45) is 0 Å². The van der Waals surface area contributed by atoms with E-state index in [1.807, 2.05) is 7.05 Å². The van der Waals surface area contributed by atoms with Gasteiger partial charge < -0.3 is 10.2 Å². The van der Waals surface area contributed by atoms with Gasteiger partial charge in [-0.2, -0.15) is 0 Å². The van der Waals surface area contributed by atoms with Gasteiger partial charge in [0.2, 0.25) is 6.41 Å². The lowest BCUT2D eigenvalue weighted by atomic mass is 10.2. The predicted molar refractivity (Wildman–Crippen MR) is 41.6 cm³/mol. The first kappa shape index (κ1) is 9.43. The number of nitrogens with one attached hydrogen (secondary N) is 1. The van der Waals surface area contributed by atoms with Gasteiger partial charge in [-0.1, -0.05) is 13.3 Å². The zero-order chi connectivity index (χ0) is 7.98. The largest absolute Gasteiger partial charge is 0.333 e. The van der Waals surface area contributed by atoms with Crippen molar-refractivity contribution >= 4 is 6.41 Å². The van der Waals surface area contributed by atoms with Crippen LogP contribution >= 0.6 is 0 Å². The van der Waals surface area contributed by atoms with Crippen molar-refractivity contribution in [1.29, 1.82) is 0 Å².